The Labute approximate surface area is 127 Å². The fourth-order valence-electron chi connectivity index (χ4n) is 2.42. The molecule has 1 fully saturated rings. The molecule has 2 heterocycles. The molecule has 0 aromatic carbocycles. The summed E-state index contributed by atoms with van der Waals surface area (Å²) in [5, 5.41) is 3.27. The minimum atomic E-state index is -3.36. The smallest absolute Gasteiger partial charge is 0.244 e. The Bertz CT molecular complexity index is 545. The van der Waals surface area contributed by atoms with E-state index in [-0.39, 0.29) is 0 Å². The number of aromatic nitrogens is 1. The molecule has 1 saturated heterocycles. The fraction of sp³-hybridized carbons (Fsp3) is 0.714. The zero-order valence-electron chi connectivity index (χ0n) is 13.1. The van der Waals surface area contributed by atoms with Crippen molar-refractivity contribution in [1.82, 2.24) is 19.5 Å². The van der Waals surface area contributed by atoms with Gasteiger partial charge in [0.25, 0.3) is 0 Å². The molecule has 0 spiro atoms. The molecule has 1 aliphatic heterocycles. The molecule has 0 radical (unpaired) electrons. The third-order valence-corrected chi connectivity index (χ3v) is 5.71. The summed E-state index contributed by atoms with van der Waals surface area (Å²) in [7, 11) is -3.36. The van der Waals surface area contributed by atoms with Gasteiger partial charge in [0.05, 0.1) is 4.90 Å². The number of sulfonamides is 1. The molecule has 0 aliphatic carbocycles. The van der Waals surface area contributed by atoms with Crippen molar-refractivity contribution >= 4 is 10.0 Å². The van der Waals surface area contributed by atoms with Crippen molar-refractivity contribution in [2.75, 3.05) is 32.7 Å². The molecule has 0 bridgehead atoms. The van der Waals surface area contributed by atoms with Crippen molar-refractivity contribution in [3.63, 3.8) is 0 Å². The van der Waals surface area contributed by atoms with Gasteiger partial charge in [-0.2, -0.15) is 4.31 Å². The van der Waals surface area contributed by atoms with Gasteiger partial charge in [-0.15, -0.1) is 0 Å². The van der Waals surface area contributed by atoms with Crippen LogP contribution in [0.25, 0.3) is 0 Å². The van der Waals surface area contributed by atoms with Crippen LogP contribution in [-0.4, -0.2) is 61.4 Å². The Balaban J connectivity index is 2.03. The largest absolute Gasteiger partial charge is 0.363 e. The van der Waals surface area contributed by atoms with Gasteiger partial charge in [-0.25, -0.2) is 8.42 Å². The third-order valence-electron chi connectivity index (χ3n) is 3.83. The molecular formula is C14H26N4O2S. The van der Waals surface area contributed by atoms with Gasteiger partial charge < -0.3 is 15.2 Å². The van der Waals surface area contributed by atoms with Crippen LogP contribution in [0.2, 0.25) is 0 Å². The number of aromatic amines is 1. The molecule has 0 amide bonds. The molecule has 2 N–H and O–H groups in total. The summed E-state index contributed by atoms with van der Waals surface area (Å²) in [5.41, 5.74) is 0.898. The first kappa shape index (κ1) is 16.5. The lowest BCUT2D eigenvalue weighted by molar-refractivity contribution is 0.196. The van der Waals surface area contributed by atoms with Crippen LogP contribution in [0.4, 0.5) is 0 Å². The maximum absolute atomic E-state index is 12.6. The first-order chi connectivity index (χ1) is 9.93. The number of H-pyrrole nitrogens is 1. The van der Waals surface area contributed by atoms with E-state index in [0.717, 1.165) is 25.3 Å². The van der Waals surface area contributed by atoms with Gasteiger partial charge >= 0.3 is 0 Å². The van der Waals surface area contributed by atoms with Gasteiger partial charge in [0.2, 0.25) is 10.0 Å². The minimum Gasteiger partial charge on any atom is -0.363 e. The number of rotatable bonds is 6. The summed E-state index contributed by atoms with van der Waals surface area (Å²) in [6.07, 6.45) is 1.60. The van der Waals surface area contributed by atoms with Crippen LogP contribution < -0.4 is 5.32 Å². The molecule has 0 atom stereocenters. The second-order valence-corrected chi connectivity index (χ2v) is 7.67. The number of hydrogen-bond acceptors (Lipinski definition) is 4. The molecular weight excluding hydrogens is 288 g/mol. The van der Waals surface area contributed by atoms with Crippen LogP contribution in [0.5, 0.6) is 0 Å². The van der Waals surface area contributed by atoms with Crippen LogP contribution in [0.15, 0.2) is 17.2 Å². The zero-order chi connectivity index (χ0) is 15.5. The zero-order valence-corrected chi connectivity index (χ0v) is 13.9. The summed E-state index contributed by atoms with van der Waals surface area (Å²) >= 11 is 0. The number of nitrogens with one attached hydrogen (secondary N) is 2. The maximum Gasteiger partial charge on any atom is 0.244 e. The first-order valence-corrected chi connectivity index (χ1v) is 9.00. The van der Waals surface area contributed by atoms with Crippen LogP contribution in [-0.2, 0) is 16.6 Å². The Morgan fingerprint density at radius 3 is 2.52 bits per heavy atom. The molecule has 21 heavy (non-hydrogen) atoms. The van der Waals surface area contributed by atoms with Gasteiger partial charge in [-0.1, -0.05) is 20.8 Å². The van der Waals surface area contributed by atoms with Gasteiger partial charge in [-0.3, -0.25) is 0 Å². The van der Waals surface area contributed by atoms with Gasteiger partial charge in [0.15, 0.2) is 0 Å². The van der Waals surface area contributed by atoms with E-state index in [1.165, 1.54) is 0 Å². The predicted octanol–water partition coefficient (Wildman–Crippen LogP) is 0.839. The fourth-order valence-corrected chi connectivity index (χ4v) is 3.86. The van der Waals surface area contributed by atoms with Crippen molar-refractivity contribution in [3.05, 3.63) is 18.0 Å². The van der Waals surface area contributed by atoms with E-state index in [2.05, 4.69) is 36.0 Å². The lowest BCUT2D eigenvalue weighted by Gasteiger charge is -2.32. The Morgan fingerprint density at radius 1 is 1.29 bits per heavy atom. The SMILES string of the molecule is CCN1CCN(S(=O)(=O)c2c[nH]c(CNC(C)C)c2)CC1. The highest BCUT2D eigenvalue weighted by molar-refractivity contribution is 7.89. The lowest BCUT2D eigenvalue weighted by Crippen LogP contribution is -2.48. The van der Waals surface area contributed by atoms with E-state index >= 15 is 0 Å². The number of nitrogens with zero attached hydrogens (tertiary/aromatic N) is 2. The molecule has 1 aliphatic rings. The summed E-state index contributed by atoms with van der Waals surface area (Å²) in [5.74, 6) is 0. The molecule has 7 heteroatoms. The van der Waals surface area contributed by atoms with E-state index in [1.54, 1.807) is 16.6 Å². The lowest BCUT2D eigenvalue weighted by atomic mass is 10.3. The normalized spacial score (nSPS) is 18.5. The van der Waals surface area contributed by atoms with Crippen molar-refractivity contribution in [1.29, 1.82) is 0 Å². The van der Waals surface area contributed by atoms with E-state index in [0.29, 0.717) is 30.6 Å². The predicted molar refractivity (Wildman–Crippen MR) is 83.6 cm³/mol. The van der Waals surface area contributed by atoms with Crippen molar-refractivity contribution < 1.29 is 8.42 Å². The number of likely N-dealkylation sites (N-methyl/N-ethyl adjacent to an activating group) is 1. The van der Waals surface area contributed by atoms with E-state index in [4.69, 9.17) is 0 Å². The van der Waals surface area contributed by atoms with Gasteiger partial charge in [-0.05, 0) is 12.6 Å². The van der Waals surface area contributed by atoms with Gasteiger partial charge in [0.1, 0.15) is 0 Å². The molecule has 120 valence electrons. The summed E-state index contributed by atoms with van der Waals surface area (Å²) in [4.78, 5) is 5.68. The second kappa shape index (κ2) is 6.91. The average Bonchev–Trinajstić information content (AvgIpc) is 2.95. The highest BCUT2D eigenvalue weighted by Crippen LogP contribution is 2.18. The molecule has 0 saturated carbocycles. The Kier molecular flexibility index (Phi) is 5.43. The number of piperazine rings is 1. The standard InChI is InChI=1S/C14H26N4O2S/c1-4-17-5-7-18(8-6-17)21(19,20)14-9-13(16-11-14)10-15-12(2)3/h9,11-12,15-16H,4-8,10H2,1-3H3. The van der Waals surface area contributed by atoms with Crippen molar-refractivity contribution in [3.8, 4) is 0 Å². The Morgan fingerprint density at radius 2 is 1.95 bits per heavy atom. The minimum absolute atomic E-state index is 0.369. The van der Waals surface area contributed by atoms with Crippen LogP contribution in [0, 0.1) is 0 Å². The quantitative estimate of drug-likeness (QED) is 0.816. The molecule has 0 unspecified atom stereocenters. The highest BCUT2D eigenvalue weighted by atomic mass is 32.2. The third kappa shape index (κ3) is 4.06. The van der Waals surface area contributed by atoms with Crippen LogP contribution >= 0.6 is 0 Å². The van der Waals surface area contributed by atoms with E-state index < -0.39 is 10.0 Å². The van der Waals surface area contributed by atoms with E-state index in [1.807, 2.05) is 0 Å². The first-order valence-electron chi connectivity index (χ1n) is 7.56. The van der Waals surface area contributed by atoms with Gasteiger partial charge in [0, 0.05) is 50.7 Å². The molecule has 2 rings (SSSR count). The second-order valence-electron chi connectivity index (χ2n) is 5.73. The van der Waals surface area contributed by atoms with Crippen LogP contribution in [0.1, 0.15) is 26.5 Å². The van der Waals surface area contributed by atoms with Crippen molar-refractivity contribution in [2.24, 2.45) is 0 Å². The summed E-state index contributed by atoms with van der Waals surface area (Å²) in [6.45, 7) is 10.6. The molecule has 1 aromatic rings. The number of hydrogen-bond donors (Lipinski definition) is 2. The maximum atomic E-state index is 12.6. The summed E-state index contributed by atoms with van der Waals surface area (Å²) < 4.78 is 26.8. The van der Waals surface area contributed by atoms with Crippen LogP contribution in [0.3, 0.4) is 0 Å². The van der Waals surface area contributed by atoms with Crippen molar-refractivity contribution in [2.45, 2.75) is 38.3 Å². The monoisotopic (exact) mass is 314 g/mol. The topological polar surface area (TPSA) is 68.4 Å². The molecule has 6 nitrogen and oxygen atoms in total. The Hall–Kier alpha value is -0.890. The molecule has 1 aromatic heterocycles. The highest BCUT2D eigenvalue weighted by Gasteiger charge is 2.28. The van der Waals surface area contributed by atoms with E-state index in [9.17, 15) is 8.42 Å². The average molecular weight is 314 g/mol. The summed E-state index contributed by atoms with van der Waals surface area (Å²) in [6, 6.07) is 2.10.